The number of aromatic nitrogens is 4. The molecule has 0 unspecified atom stereocenters. The van der Waals surface area contributed by atoms with Gasteiger partial charge >= 0.3 is 0 Å². The number of hydrogen-bond donors (Lipinski definition) is 1. The number of H-pyrrole nitrogens is 1. The van der Waals surface area contributed by atoms with Crippen molar-refractivity contribution in [3.63, 3.8) is 0 Å². The minimum Gasteiger partial charge on any atom is -0.275 e. The second kappa shape index (κ2) is 5.22. The monoisotopic (exact) mass is 288 g/mol. The molecule has 0 aliphatic rings. The highest BCUT2D eigenvalue weighted by atomic mass is 32.2. The standard InChI is InChI=1S/C13H12N4S2/c1-18-12-9-10(8-6-4-3-5-7-8)16-17-11(9)14-13(15-12)19-2/h3-7H,1-2H3,(H,14,15,16,17). The third-order valence-electron chi connectivity index (χ3n) is 2.80. The lowest BCUT2D eigenvalue weighted by Crippen LogP contribution is -1.90. The molecule has 2 aromatic heterocycles. The molecule has 0 bridgehead atoms. The average Bonchev–Trinajstić information content (AvgIpc) is 2.91. The van der Waals surface area contributed by atoms with Crippen molar-refractivity contribution in [2.45, 2.75) is 10.2 Å². The molecule has 96 valence electrons. The summed E-state index contributed by atoms with van der Waals surface area (Å²) in [6, 6.07) is 10.1. The third kappa shape index (κ3) is 2.21. The lowest BCUT2D eigenvalue weighted by molar-refractivity contribution is 0.925. The summed E-state index contributed by atoms with van der Waals surface area (Å²) in [4.78, 5) is 9.00. The molecule has 4 nitrogen and oxygen atoms in total. The molecule has 0 spiro atoms. The van der Waals surface area contributed by atoms with Gasteiger partial charge in [0.25, 0.3) is 0 Å². The first-order valence-corrected chi connectivity index (χ1v) is 8.18. The predicted octanol–water partition coefficient (Wildman–Crippen LogP) is 3.46. The molecule has 6 heteroatoms. The Morgan fingerprint density at radius 1 is 1.00 bits per heavy atom. The van der Waals surface area contributed by atoms with Crippen LogP contribution in [0.5, 0.6) is 0 Å². The zero-order valence-electron chi connectivity index (χ0n) is 10.5. The maximum atomic E-state index is 4.55. The Kier molecular flexibility index (Phi) is 3.44. The fourth-order valence-corrected chi connectivity index (χ4v) is 2.92. The summed E-state index contributed by atoms with van der Waals surface area (Å²) in [5.41, 5.74) is 2.80. The van der Waals surface area contributed by atoms with E-state index in [2.05, 4.69) is 32.3 Å². The Morgan fingerprint density at radius 2 is 1.79 bits per heavy atom. The number of aromatic amines is 1. The molecule has 3 rings (SSSR count). The fourth-order valence-electron chi connectivity index (χ4n) is 1.93. The van der Waals surface area contributed by atoms with Gasteiger partial charge in [0.05, 0.1) is 11.1 Å². The Morgan fingerprint density at radius 3 is 2.47 bits per heavy atom. The van der Waals surface area contributed by atoms with Crippen LogP contribution in [0.2, 0.25) is 0 Å². The molecular formula is C13H12N4S2. The van der Waals surface area contributed by atoms with Crippen LogP contribution in [0.1, 0.15) is 0 Å². The van der Waals surface area contributed by atoms with E-state index in [0.29, 0.717) is 0 Å². The van der Waals surface area contributed by atoms with Crippen molar-refractivity contribution < 1.29 is 0 Å². The maximum absolute atomic E-state index is 4.55. The molecule has 0 saturated heterocycles. The summed E-state index contributed by atoms with van der Waals surface area (Å²) >= 11 is 3.15. The summed E-state index contributed by atoms with van der Waals surface area (Å²) in [6.07, 6.45) is 3.99. The minimum atomic E-state index is 0.725. The van der Waals surface area contributed by atoms with E-state index in [1.54, 1.807) is 11.8 Å². The van der Waals surface area contributed by atoms with E-state index >= 15 is 0 Å². The molecule has 19 heavy (non-hydrogen) atoms. The van der Waals surface area contributed by atoms with Gasteiger partial charge in [-0.15, -0.1) is 11.8 Å². The molecule has 1 N–H and O–H groups in total. The number of fused-ring (bicyclic) bond motifs is 1. The highest BCUT2D eigenvalue weighted by Gasteiger charge is 2.15. The van der Waals surface area contributed by atoms with E-state index in [9.17, 15) is 0 Å². The average molecular weight is 288 g/mol. The molecule has 0 saturated carbocycles. The van der Waals surface area contributed by atoms with Gasteiger partial charge in [-0.3, -0.25) is 5.10 Å². The van der Waals surface area contributed by atoms with E-state index in [-0.39, 0.29) is 0 Å². The largest absolute Gasteiger partial charge is 0.275 e. The highest BCUT2D eigenvalue weighted by Crippen LogP contribution is 2.32. The van der Waals surface area contributed by atoms with Crippen LogP contribution < -0.4 is 0 Å². The van der Waals surface area contributed by atoms with E-state index in [1.807, 2.05) is 30.7 Å². The summed E-state index contributed by atoms with van der Waals surface area (Å²) in [6.45, 7) is 0. The molecule has 2 heterocycles. The molecule has 0 atom stereocenters. The van der Waals surface area contributed by atoms with Crippen LogP contribution in [-0.2, 0) is 0 Å². The first-order chi connectivity index (χ1) is 9.33. The van der Waals surface area contributed by atoms with Crippen LogP contribution in [0.25, 0.3) is 22.3 Å². The Balaban J connectivity index is 2.28. The molecule has 0 amide bonds. The van der Waals surface area contributed by atoms with Gasteiger partial charge in [0.2, 0.25) is 0 Å². The number of thioether (sulfide) groups is 2. The molecule has 0 fully saturated rings. The van der Waals surface area contributed by atoms with Crippen LogP contribution in [-0.4, -0.2) is 32.7 Å². The van der Waals surface area contributed by atoms with Gasteiger partial charge in [0, 0.05) is 5.56 Å². The van der Waals surface area contributed by atoms with Crippen LogP contribution in [0.3, 0.4) is 0 Å². The quantitative estimate of drug-likeness (QED) is 0.454. The second-order valence-electron chi connectivity index (χ2n) is 3.88. The first kappa shape index (κ1) is 12.5. The molecule has 1 aromatic carbocycles. The van der Waals surface area contributed by atoms with Crippen molar-refractivity contribution >= 4 is 34.6 Å². The van der Waals surface area contributed by atoms with Gasteiger partial charge in [-0.05, 0) is 12.5 Å². The summed E-state index contributed by atoms with van der Waals surface area (Å²) < 4.78 is 0. The van der Waals surface area contributed by atoms with Crippen molar-refractivity contribution in [3.8, 4) is 11.3 Å². The summed E-state index contributed by atoms with van der Waals surface area (Å²) in [5, 5.41) is 10.1. The number of hydrogen-bond acceptors (Lipinski definition) is 5. The van der Waals surface area contributed by atoms with Gasteiger partial charge in [-0.1, -0.05) is 42.1 Å². The van der Waals surface area contributed by atoms with E-state index in [1.165, 1.54) is 11.8 Å². The van der Waals surface area contributed by atoms with Gasteiger partial charge in [-0.25, -0.2) is 9.97 Å². The first-order valence-electron chi connectivity index (χ1n) is 5.73. The smallest absolute Gasteiger partial charge is 0.190 e. The van der Waals surface area contributed by atoms with Gasteiger partial charge < -0.3 is 0 Å². The number of benzene rings is 1. The molecular weight excluding hydrogens is 276 g/mol. The van der Waals surface area contributed by atoms with Crippen LogP contribution in [0, 0.1) is 0 Å². The summed E-state index contributed by atoms with van der Waals surface area (Å²) in [5.74, 6) is 0. The second-order valence-corrected chi connectivity index (χ2v) is 5.45. The van der Waals surface area contributed by atoms with Gasteiger partial charge in [-0.2, -0.15) is 5.10 Å². The normalized spacial score (nSPS) is 11.1. The highest BCUT2D eigenvalue weighted by molar-refractivity contribution is 7.99. The Bertz CT molecular complexity index is 709. The zero-order chi connectivity index (χ0) is 13.2. The minimum absolute atomic E-state index is 0.725. The topological polar surface area (TPSA) is 54.5 Å². The van der Waals surface area contributed by atoms with E-state index in [4.69, 9.17) is 0 Å². The third-order valence-corrected chi connectivity index (χ3v) is 4.03. The van der Waals surface area contributed by atoms with Crippen LogP contribution in [0.4, 0.5) is 0 Å². The van der Waals surface area contributed by atoms with Crippen molar-refractivity contribution in [3.05, 3.63) is 30.3 Å². The van der Waals surface area contributed by atoms with Gasteiger partial charge in [0.1, 0.15) is 5.03 Å². The van der Waals surface area contributed by atoms with Crippen molar-refractivity contribution in [1.29, 1.82) is 0 Å². The Hall–Kier alpha value is -1.53. The van der Waals surface area contributed by atoms with E-state index < -0.39 is 0 Å². The molecule has 0 aliphatic carbocycles. The molecule has 0 radical (unpaired) electrons. The summed E-state index contributed by atoms with van der Waals surface area (Å²) in [7, 11) is 0. The number of nitrogens with zero attached hydrogens (tertiary/aromatic N) is 3. The van der Waals surface area contributed by atoms with Crippen molar-refractivity contribution in [2.24, 2.45) is 0 Å². The van der Waals surface area contributed by atoms with Gasteiger partial charge in [0.15, 0.2) is 10.8 Å². The van der Waals surface area contributed by atoms with Crippen LogP contribution in [0.15, 0.2) is 40.5 Å². The molecule has 3 aromatic rings. The molecule has 0 aliphatic heterocycles. The predicted molar refractivity (Wildman–Crippen MR) is 80.7 cm³/mol. The zero-order valence-corrected chi connectivity index (χ0v) is 12.2. The van der Waals surface area contributed by atoms with E-state index in [0.717, 1.165) is 32.5 Å². The van der Waals surface area contributed by atoms with Crippen molar-refractivity contribution in [1.82, 2.24) is 20.2 Å². The lowest BCUT2D eigenvalue weighted by atomic mass is 10.1. The maximum Gasteiger partial charge on any atom is 0.190 e. The lowest BCUT2D eigenvalue weighted by Gasteiger charge is -2.03. The fraction of sp³-hybridized carbons (Fsp3) is 0.154. The van der Waals surface area contributed by atoms with Crippen LogP contribution >= 0.6 is 23.5 Å². The number of rotatable bonds is 3. The van der Waals surface area contributed by atoms with Crippen molar-refractivity contribution in [2.75, 3.05) is 12.5 Å². The number of nitrogens with one attached hydrogen (secondary N) is 1. The Labute approximate surface area is 119 Å². The SMILES string of the molecule is CSc1nc(SC)c2c(-c3ccccc3)[nH]nc2n1.